The smallest absolute Gasteiger partial charge is 0.272 e. The van der Waals surface area contributed by atoms with Gasteiger partial charge in [0.15, 0.2) is 0 Å². The minimum Gasteiger partial charge on any atom is -0.465 e. The van der Waals surface area contributed by atoms with Gasteiger partial charge in [-0.25, -0.2) is 5.10 Å². The molecule has 0 radical (unpaired) electrons. The summed E-state index contributed by atoms with van der Waals surface area (Å²) in [6.07, 6.45) is 0. The van der Waals surface area contributed by atoms with Crippen molar-refractivity contribution in [1.82, 2.24) is 15.5 Å². The monoisotopic (exact) mass is 233 g/mol. The standard InChI is InChI=1S/C11H11N3O3/c1-7-2-3-8(17-7)6-12-11(16)9-4-5-10(15)14-13-9/h2-5H,6H2,1H3,(H,12,16)(H,14,15). The minimum atomic E-state index is -0.365. The molecule has 0 spiro atoms. The molecule has 17 heavy (non-hydrogen) atoms. The number of carbonyl (C=O) groups excluding carboxylic acids is 1. The molecular weight excluding hydrogens is 222 g/mol. The maximum Gasteiger partial charge on any atom is 0.272 e. The van der Waals surface area contributed by atoms with Crippen molar-refractivity contribution in [2.45, 2.75) is 13.5 Å². The van der Waals surface area contributed by atoms with Crippen molar-refractivity contribution in [3.63, 3.8) is 0 Å². The second-order valence-electron chi connectivity index (χ2n) is 3.50. The van der Waals surface area contributed by atoms with E-state index >= 15 is 0 Å². The summed E-state index contributed by atoms with van der Waals surface area (Å²) in [6, 6.07) is 6.22. The SMILES string of the molecule is Cc1ccc(CNC(=O)c2ccc(=O)[nH]n2)o1. The summed E-state index contributed by atoms with van der Waals surface area (Å²) in [5.41, 5.74) is -0.184. The number of rotatable bonds is 3. The molecule has 88 valence electrons. The molecule has 0 aliphatic heterocycles. The van der Waals surface area contributed by atoms with Crippen LogP contribution in [0.25, 0.3) is 0 Å². The van der Waals surface area contributed by atoms with Crippen molar-refractivity contribution in [3.8, 4) is 0 Å². The van der Waals surface area contributed by atoms with Gasteiger partial charge in [-0.05, 0) is 25.1 Å². The van der Waals surface area contributed by atoms with Crippen LogP contribution in [0.5, 0.6) is 0 Å². The lowest BCUT2D eigenvalue weighted by Crippen LogP contribution is -2.25. The first-order valence-electron chi connectivity index (χ1n) is 5.04. The largest absolute Gasteiger partial charge is 0.465 e. The Morgan fingerprint density at radius 3 is 2.82 bits per heavy atom. The van der Waals surface area contributed by atoms with Crippen LogP contribution in [0, 0.1) is 6.92 Å². The molecule has 2 rings (SSSR count). The van der Waals surface area contributed by atoms with Crippen LogP contribution in [0.15, 0.2) is 33.5 Å². The Morgan fingerprint density at radius 1 is 1.41 bits per heavy atom. The summed E-state index contributed by atoms with van der Waals surface area (Å²) in [5, 5.41) is 8.44. The van der Waals surface area contributed by atoms with Crippen molar-refractivity contribution in [2.75, 3.05) is 0 Å². The van der Waals surface area contributed by atoms with E-state index in [2.05, 4.69) is 15.5 Å². The molecule has 2 aromatic rings. The van der Waals surface area contributed by atoms with E-state index in [1.165, 1.54) is 12.1 Å². The Bertz CT molecular complexity index is 565. The van der Waals surface area contributed by atoms with Crippen LogP contribution in [-0.2, 0) is 6.54 Å². The molecule has 0 aromatic carbocycles. The van der Waals surface area contributed by atoms with Crippen LogP contribution in [0.3, 0.4) is 0 Å². The highest BCUT2D eigenvalue weighted by Crippen LogP contribution is 2.05. The molecule has 0 aliphatic carbocycles. The van der Waals surface area contributed by atoms with E-state index in [4.69, 9.17) is 4.42 Å². The third-order valence-electron chi connectivity index (χ3n) is 2.13. The Balaban J connectivity index is 1.98. The number of aromatic nitrogens is 2. The molecule has 0 bridgehead atoms. The highest BCUT2D eigenvalue weighted by atomic mass is 16.3. The van der Waals surface area contributed by atoms with Gasteiger partial charge in [0, 0.05) is 6.07 Å². The fourth-order valence-electron chi connectivity index (χ4n) is 1.31. The van der Waals surface area contributed by atoms with E-state index in [0.29, 0.717) is 5.76 Å². The summed E-state index contributed by atoms with van der Waals surface area (Å²) in [4.78, 5) is 22.4. The number of carbonyl (C=O) groups is 1. The quantitative estimate of drug-likeness (QED) is 0.812. The fourth-order valence-corrected chi connectivity index (χ4v) is 1.31. The third kappa shape index (κ3) is 2.81. The van der Waals surface area contributed by atoms with Crippen molar-refractivity contribution < 1.29 is 9.21 Å². The van der Waals surface area contributed by atoms with Crippen molar-refractivity contribution in [1.29, 1.82) is 0 Å². The number of furan rings is 1. The summed E-state index contributed by atoms with van der Waals surface area (Å²) in [5.74, 6) is 1.09. The number of H-pyrrole nitrogens is 1. The van der Waals surface area contributed by atoms with E-state index in [0.717, 1.165) is 5.76 Å². The molecule has 0 saturated heterocycles. The van der Waals surface area contributed by atoms with Crippen LogP contribution in [0.4, 0.5) is 0 Å². The van der Waals surface area contributed by atoms with E-state index in [1.807, 2.05) is 13.0 Å². The Labute approximate surface area is 96.7 Å². The molecule has 6 nitrogen and oxygen atoms in total. The van der Waals surface area contributed by atoms with Gasteiger partial charge in [0.25, 0.3) is 11.5 Å². The number of aromatic amines is 1. The maximum atomic E-state index is 11.6. The first kappa shape index (κ1) is 11.1. The first-order chi connectivity index (χ1) is 8.15. The van der Waals surface area contributed by atoms with Gasteiger partial charge >= 0.3 is 0 Å². The van der Waals surface area contributed by atoms with Crippen LogP contribution < -0.4 is 10.9 Å². The number of hydrogen-bond acceptors (Lipinski definition) is 4. The van der Waals surface area contributed by atoms with Gasteiger partial charge in [0.05, 0.1) is 6.54 Å². The van der Waals surface area contributed by atoms with Gasteiger partial charge in [0.2, 0.25) is 0 Å². The molecule has 6 heteroatoms. The highest BCUT2D eigenvalue weighted by molar-refractivity contribution is 5.91. The number of hydrogen-bond donors (Lipinski definition) is 2. The van der Waals surface area contributed by atoms with Gasteiger partial charge in [-0.1, -0.05) is 0 Å². The lowest BCUT2D eigenvalue weighted by atomic mass is 10.3. The summed E-state index contributed by atoms with van der Waals surface area (Å²) in [6.45, 7) is 2.11. The van der Waals surface area contributed by atoms with Crippen molar-refractivity contribution in [2.24, 2.45) is 0 Å². The highest BCUT2D eigenvalue weighted by Gasteiger charge is 2.07. The van der Waals surface area contributed by atoms with E-state index in [-0.39, 0.29) is 23.7 Å². The van der Waals surface area contributed by atoms with Crippen LogP contribution in [0.1, 0.15) is 22.0 Å². The van der Waals surface area contributed by atoms with Gasteiger partial charge in [-0.2, -0.15) is 5.10 Å². The molecule has 0 atom stereocenters. The molecule has 0 saturated carbocycles. The number of nitrogens with zero attached hydrogens (tertiary/aromatic N) is 1. The van der Waals surface area contributed by atoms with Crippen LogP contribution >= 0.6 is 0 Å². The molecular formula is C11H11N3O3. The van der Waals surface area contributed by atoms with Gasteiger partial charge in [0.1, 0.15) is 17.2 Å². The van der Waals surface area contributed by atoms with E-state index in [9.17, 15) is 9.59 Å². The fraction of sp³-hybridized carbons (Fsp3) is 0.182. The molecule has 0 unspecified atom stereocenters. The number of nitrogens with one attached hydrogen (secondary N) is 2. The Morgan fingerprint density at radius 2 is 2.24 bits per heavy atom. The topological polar surface area (TPSA) is 88.0 Å². The van der Waals surface area contributed by atoms with Gasteiger partial charge in [-0.3, -0.25) is 9.59 Å². The Hall–Kier alpha value is -2.37. The molecule has 1 amide bonds. The molecule has 2 N–H and O–H groups in total. The van der Waals surface area contributed by atoms with Gasteiger partial charge < -0.3 is 9.73 Å². The van der Waals surface area contributed by atoms with Crippen molar-refractivity contribution in [3.05, 3.63) is 51.8 Å². The Kier molecular flexibility index (Phi) is 3.04. The minimum absolute atomic E-state index is 0.160. The number of amides is 1. The summed E-state index contributed by atoms with van der Waals surface area (Å²) >= 11 is 0. The van der Waals surface area contributed by atoms with Crippen LogP contribution in [0.2, 0.25) is 0 Å². The second kappa shape index (κ2) is 4.65. The van der Waals surface area contributed by atoms with Gasteiger partial charge in [-0.15, -0.1) is 0 Å². The average Bonchev–Trinajstić information content (AvgIpc) is 2.73. The molecule has 0 aliphatic rings. The van der Waals surface area contributed by atoms with E-state index in [1.54, 1.807) is 6.07 Å². The summed E-state index contributed by atoms with van der Waals surface area (Å²) in [7, 11) is 0. The third-order valence-corrected chi connectivity index (χ3v) is 2.13. The normalized spacial score (nSPS) is 10.2. The van der Waals surface area contributed by atoms with E-state index < -0.39 is 0 Å². The molecule has 2 aromatic heterocycles. The van der Waals surface area contributed by atoms with Crippen LogP contribution in [-0.4, -0.2) is 16.1 Å². The first-order valence-corrected chi connectivity index (χ1v) is 5.04. The lowest BCUT2D eigenvalue weighted by molar-refractivity contribution is 0.0941. The lowest BCUT2D eigenvalue weighted by Gasteiger charge is -2.01. The number of aryl methyl sites for hydroxylation is 1. The predicted molar refractivity (Wildman–Crippen MR) is 59.5 cm³/mol. The van der Waals surface area contributed by atoms with Crippen molar-refractivity contribution >= 4 is 5.91 Å². The average molecular weight is 233 g/mol. The molecule has 0 fully saturated rings. The predicted octanol–water partition coefficient (Wildman–Crippen LogP) is 0.601. The second-order valence-corrected chi connectivity index (χ2v) is 3.50. The zero-order chi connectivity index (χ0) is 12.3. The maximum absolute atomic E-state index is 11.6. The zero-order valence-electron chi connectivity index (χ0n) is 9.19. The zero-order valence-corrected chi connectivity index (χ0v) is 9.19. The summed E-state index contributed by atoms with van der Waals surface area (Å²) < 4.78 is 5.30. The molecule has 2 heterocycles.